The third kappa shape index (κ3) is 3.28. The Labute approximate surface area is 101 Å². The van der Waals surface area contributed by atoms with E-state index < -0.39 is 22.0 Å². The van der Waals surface area contributed by atoms with Gasteiger partial charge in [-0.2, -0.15) is 4.72 Å². The van der Waals surface area contributed by atoms with E-state index in [-0.39, 0.29) is 4.90 Å². The van der Waals surface area contributed by atoms with Crippen molar-refractivity contribution in [3.63, 3.8) is 0 Å². The summed E-state index contributed by atoms with van der Waals surface area (Å²) < 4.78 is 25.8. The third-order valence-electron chi connectivity index (χ3n) is 2.49. The standard InChI is InChI=1S/C11H15NO4S/c1-7-4-5-10(6-8(7)2)17(15,16)12-9(3)11(13)14/h4-6,9,12H,1-3H3,(H,13,14)/t9-/m0/s1. The summed E-state index contributed by atoms with van der Waals surface area (Å²) in [5, 5.41) is 8.66. The summed E-state index contributed by atoms with van der Waals surface area (Å²) in [6.45, 7) is 4.95. The van der Waals surface area contributed by atoms with Crippen LogP contribution >= 0.6 is 0 Å². The zero-order valence-corrected chi connectivity index (χ0v) is 10.7. The number of sulfonamides is 1. The molecule has 0 radical (unpaired) electrons. The average Bonchev–Trinajstić information content (AvgIpc) is 2.21. The van der Waals surface area contributed by atoms with Crippen molar-refractivity contribution in [3.05, 3.63) is 29.3 Å². The molecule has 5 nitrogen and oxygen atoms in total. The van der Waals surface area contributed by atoms with Gasteiger partial charge in [0.1, 0.15) is 6.04 Å². The lowest BCUT2D eigenvalue weighted by atomic mass is 10.1. The largest absolute Gasteiger partial charge is 0.480 e. The van der Waals surface area contributed by atoms with Gasteiger partial charge < -0.3 is 5.11 Å². The Morgan fingerprint density at radius 3 is 2.35 bits per heavy atom. The van der Waals surface area contributed by atoms with E-state index in [1.54, 1.807) is 13.0 Å². The van der Waals surface area contributed by atoms with E-state index in [0.717, 1.165) is 11.1 Å². The molecular weight excluding hydrogens is 242 g/mol. The maximum absolute atomic E-state index is 11.8. The van der Waals surface area contributed by atoms with Crippen molar-refractivity contribution in [2.75, 3.05) is 0 Å². The smallest absolute Gasteiger partial charge is 0.321 e. The Morgan fingerprint density at radius 2 is 1.88 bits per heavy atom. The van der Waals surface area contributed by atoms with Gasteiger partial charge in [-0.1, -0.05) is 6.07 Å². The lowest BCUT2D eigenvalue weighted by molar-refractivity contribution is -0.138. The second-order valence-electron chi connectivity index (χ2n) is 3.93. The number of aliphatic carboxylic acids is 1. The number of nitrogens with one attached hydrogen (secondary N) is 1. The van der Waals surface area contributed by atoms with Crippen LogP contribution in [0.1, 0.15) is 18.1 Å². The number of carboxylic acid groups (broad SMARTS) is 1. The molecule has 1 rings (SSSR count). The van der Waals surface area contributed by atoms with Gasteiger partial charge in [-0.05, 0) is 44.0 Å². The van der Waals surface area contributed by atoms with E-state index in [1.165, 1.54) is 19.1 Å². The molecule has 6 heteroatoms. The molecule has 0 aliphatic rings. The molecule has 0 fully saturated rings. The summed E-state index contributed by atoms with van der Waals surface area (Å²) in [6, 6.07) is 3.52. The molecular formula is C11H15NO4S. The first-order valence-corrected chi connectivity index (χ1v) is 6.55. The van der Waals surface area contributed by atoms with Crippen LogP contribution in [0.25, 0.3) is 0 Å². The molecule has 1 atom stereocenters. The predicted octanol–water partition coefficient (Wildman–Crippen LogP) is 1.05. The van der Waals surface area contributed by atoms with E-state index in [4.69, 9.17) is 5.11 Å². The van der Waals surface area contributed by atoms with Crippen LogP contribution in [0, 0.1) is 13.8 Å². The summed E-state index contributed by atoms with van der Waals surface area (Å²) in [6.07, 6.45) is 0. The van der Waals surface area contributed by atoms with E-state index in [1.807, 2.05) is 6.92 Å². The Balaban J connectivity index is 3.05. The number of rotatable bonds is 4. The molecule has 0 amide bonds. The Morgan fingerprint density at radius 1 is 1.29 bits per heavy atom. The molecule has 17 heavy (non-hydrogen) atoms. The van der Waals surface area contributed by atoms with Gasteiger partial charge in [0, 0.05) is 0 Å². The van der Waals surface area contributed by atoms with Gasteiger partial charge in [0.25, 0.3) is 0 Å². The highest BCUT2D eigenvalue weighted by Gasteiger charge is 2.21. The molecule has 0 heterocycles. The molecule has 0 aliphatic heterocycles. The minimum atomic E-state index is -3.77. The minimum Gasteiger partial charge on any atom is -0.480 e. The van der Waals surface area contributed by atoms with Crippen LogP contribution < -0.4 is 4.72 Å². The summed E-state index contributed by atoms with van der Waals surface area (Å²) in [5.41, 5.74) is 1.83. The summed E-state index contributed by atoms with van der Waals surface area (Å²) in [4.78, 5) is 10.7. The fourth-order valence-corrected chi connectivity index (χ4v) is 2.51. The highest BCUT2D eigenvalue weighted by Crippen LogP contribution is 2.14. The Hall–Kier alpha value is -1.40. The second kappa shape index (κ2) is 4.85. The fraction of sp³-hybridized carbons (Fsp3) is 0.364. The van der Waals surface area contributed by atoms with E-state index >= 15 is 0 Å². The number of carboxylic acids is 1. The van der Waals surface area contributed by atoms with Crippen molar-refractivity contribution >= 4 is 16.0 Å². The molecule has 1 aromatic carbocycles. The molecule has 94 valence electrons. The van der Waals surface area contributed by atoms with Crippen molar-refractivity contribution in [2.24, 2.45) is 0 Å². The van der Waals surface area contributed by atoms with Gasteiger partial charge in [0.2, 0.25) is 10.0 Å². The van der Waals surface area contributed by atoms with Crippen molar-refractivity contribution in [2.45, 2.75) is 31.7 Å². The van der Waals surface area contributed by atoms with Crippen LogP contribution in [0.3, 0.4) is 0 Å². The van der Waals surface area contributed by atoms with Crippen molar-refractivity contribution in [1.82, 2.24) is 4.72 Å². The lowest BCUT2D eigenvalue weighted by Crippen LogP contribution is -2.38. The molecule has 0 spiro atoms. The molecule has 0 unspecified atom stereocenters. The van der Waals surface area contributed by atoms with Crippen LogP contribution in [0.4, 0.5) is 0 Å². The highest BCUT2D eigenvalue weighted by molar-refractivity contribution is 7.89. The fourth-order valence-electron chi connectivity index (χ4n) is 1.23. The first kappa shape index (κ1) is 13.7. The monoisotopic (exact) mass is 257 g/mol. The van der Waals surface area contributed by atoms with E-state index in [9.17, 15) is 13.2 Å². The highest BCUT2D eigenvalue weighted by atomic mass is 32.2. The van der Waals surface area contributed by atoms with Crippen LogP contribution in [0.2, 0.25) is 0 Å². The van der Waals surface area contributed by atoms with Crippen LogP contribution in [-0.4, -0.2) is 25.5 Å². The van der Waals surface area contributed by atoms with Gasteiger partial charge in [-0.25, -0.2) is 8.42 Å². The first-order chi connectivity index (χ1) is 7.74. The van der Waals surface area contributed by atoms with Crippen LogP contribution in [-0.2, 0) is 14.8 Å². The first-order valence-electron chi connectivity index (χ1n) is 5.06. The van der Waals surface area contributed by atoms with Crippen molar-refractivity contribution < 1.29 is 18.3 Å². The average molecular weight is 257 g/mol. The van der Waals surface area contributed by atoms with Gasteiger partial charge in [-0.3, -0.25) is 4.79 Å². The number of carbonyl (C=O) groups is 1. The quantitative estimate of drug-likeness (QED) is 0.844. The number of benzene rings is 1. The molecule has 0 saturated carbocycles. The lowest BCUT2D eigenvalue weighted by Gasteiger charge is -2.11. The van der Waals surface area contributed by atoms with Crippen molar-refractivity contribution in [3.8, 4) is 0 Å². The molecule has 1 aromatic rings. The maximum Gasteiger partial charge on any atom is 0.321 e. The van der Waals surface area contributed by atoms with Gasteiger partial charge in [0.15, 0.2) is 0 Å². The van der Waals surface area contributed by atoms with E-state index in [2.05, 4.69) is 4.72 Å². The molecule has 0 bridgehead atoms. The summed E-state index contributed by atoms with van der Waals surface area (Å²) in [7, 11) is -3.77. The molecule has 0 aliphatic carbocycles. The number of hydrogen-bond donors (Lipinski definition) is 2. The summed E-state index contributed by atoms with van der Waals surface area (Å²) in [5.74, 6) is -1.21. The zero-order chi connectivity index (χ0) is 13.2. The van der Waals surface area contributed by atoms with Crippen LogP contribution in [0.15, 0.2) is 23.1 Å². The van der Waals surface area contributed by atoms with E-state index in [0.29, 0.717) is 0 Å². The van der Waals surface area contributed by atoms with Gasteiger partial charge in [0.05, 0.1) is 4.90 Å². The Kier molecular flexibility index (Phi) is 3.90. The molecule has 0 aromatic heterocycles. The molecule has 0 saturated heterocycles. The Bertz CT molecular complexity index is 536. The normalized spacial score (nSPS) is 13.4. The third-order valence-corrected chi connectivity index (χ3v) is 4.03. The molecule has 2 N–H and O–H groups in total. The van der Waals surface area contributed by atoms with Gasteiger partial charge >= 0.3 is 5.97 Å². The minimum absolute atomic E-state index is 0.0775. The van der Waals surface area contributed by atoms with Crippen molar-refractivity contribution in [1.29, 1.82) is 0 Å². The predicted molar refractivity (Wildman–Crippen MR) is 63.3 cm³/mol. The number of aryl methyl sites for hydroxylation is 2. The van der Waals surface area contributed by atoms with Crippen LogP contribution in [0.5, 0.6) is 0 Å². The number of hydrogen-bond acceptors (Lipinski definition) is 3. The van der Waals surface area contributed by atoms with Gasteiger partial charge in [-0.15, -0.1) is 0 Å². The SMILES string of the molecule is Cc1ccc(S(=O)(=O)N[C@@H](C)C(=O)O)cc1C. The zero-order valence-electron chi connectivity index (χ0n) is 9.89. The topological polar surface area (TPSA) is 83.5 Å². The second-order valence-corrected chi connectivity index (χ2v) is 5.64. The maximum atomic E-state index is 11.8. The summed E-state index contributed by atoms with van der Waals surface area (Å²) >= 11 is 0.